The normalized spacial score (nSPS) is 23.4. The third-order valence-electron chi connectivity index (χ3n) is 4.26. The zero-order valence-corrected chi connectivity index (χ0v) is 15.1. The third kappa shape index (κ3) is 4.52. The Morgan fingerprint density at radius 2 is 2.24 bits per heavy atom. The molecule has 0 saturated carbocycles. The molecule has 0 aliphatic carbocycles. The SMILES string of the molecule is CCOc1cc2c(cc1CNC(=O)C1CC(F)(F)CN1)OC(C)C2.Cl. The summed E-state index contributed by atoms with van der Waals surface area (Å²) in [5, 5.41) is 5.26. The van der Waals surface area contributed by atoms with Crippen LogP contribution in [0.5, 0.6) is 11.5 Å². The Morgan fingerprint density at radius 3 is 2.88 bits per heavy atom. The van der Waals surface area contributed by atoms with Crippen molar-refractivity contribution in [3.8, 4) is 11.5 Å². The van der Waals surface area contributed by atoms with Crippen molar-refractivity contribution in [2.45, 2.75) is 51.3 Å². The van der Waals surface area contributed by atoms with Gasteiger partial charge in [-0.1, -0.05) is 0 Å². The molecule has 1 aromatic carbocycles. The maximum absolute atomic E-state index is 13.2. The molecular formula is C17H23ClF2N2O3. The zero-order valence-electron chi connectivity index (χ0n) is 14.2. The van der Waals surface area contributed by atoms with Gasteiger partial charge in [-0.2, -0.15) is 0 Å². The lowest BCUT2D eigenvalue weighted by atomic mass is 10.1. The van der Waals surface area contributed by atoms with Crippen LogP contribution in [0.4, 0.5) is 8.78 Å². The number of rotatable bonds is 5. The summed E-state index contributed by atoms with van der Waals surface area (Å²) in [6.07, 6.45) is 0.467. The van der Waals surface area contributed by atoms with Crippen molar-refractivity contribution in [3.05, 3.63) is 23.3 Å². The minimum Gasteiger partial charge on any atom is -0.494 e. The number of benzene rings is 1. The average molecular weight is 377 g/mol. The minimum atomic E-state index is -2.82. The number of halogens is 3. The molecule has 3 rings (SSSR count). The van der Waals surface area contributed by atoms with Gasteiger partial charge in [-0.15, -0.1) is 12.4 Å². The predicted molar refractivity (Wildman–Crippen MR) is 91.9 cm³/mol. The highest BCUT2D eigenvalue weighted by Gasteiger charge is 2.42. The van der Waals surface area contributed by atoms with E-state index >= 15 is 0 Å². The second-order valence-corrected chi connectivity index (χ2v) is 6.34. The number of alkyl halides is 2. The molecule has 8 heteroatoms. The topological polar surface area (TPSA) is 59.6 Å². The lowest BCUT2D eigenvalue weighted by Crippen LogP contribution is -2.40. The second kappa shape index (κ2) is 7.74. The first-order valence-corrected chi connectivity index (χ1v) is 8.22. The molecule has 2 atom stereocenters. The summed E-state index contributed by atoms with van der Waals surface area (Å²) < 4.78 is 37.8. The predicted octanol–water partition coefficient (Wildman–Crippen LogP) is 2.44. The van der Waals surface area contributed by atoms with Crippen LogP contribution in [-0.2, 0) is 17.8 Å². The summed E-state index contributed by atoms with van der Waals surface area (Å²) >= 11 is 0. The van der Waals surface area contributed by atoms with E-state index in [4.69, 9.17) is 9.47 Å². The quantitative estimate of drug-likeness (QED) is 0.828. The fourth-order valence-corrected chi connectivity index (χ4v) is 3.12. The van der Waals surface area contributed by atoms with Crippen molar-refractivity contribution in [1.29, 1.82) is 0 Å². The maximum Gasteiger partial charge on any atom is 0.262 e. The molecule has 25 heavy (non-hydrogen) atoms. The number of hydrogen-bond acceptors (Lipinski definition) is 4. The van der Waals surface area contributed by atoms with Crippen molar-refractivity contribution in [2.75, 3.05) is 13.2 Å². The highest BCUT2D eigenvalue weighted by molar-refractivity contribution is 5.85. The van der Waals surface area contributed by atoms with E-state index in [0.717, 1.165) is 23.3 Å². The van der Waals surface area contributed by atoms with E-state index < -0.39 is 30.8 Å². The van der Waals surface area contributed by atoms with Gasteiger partial charge in [0.1, 0.15) is 17.6 Å². The standard InChI is InChI=1S/C17H22F2N2O3.ClH/c1-3-23-14-5-11-4-10(2)24-15(11)6-12(14)8-20-16(22)13-7-17(18,19)9-21-13;/h5-6,10,13,21H,3-4,7-9H2,1-2H3,(H,20,22);1H. The summed E-state index contributed by atoms with van der Waals surface area (Å²) in [4.78, 5) is 12.1. The summed E-state index contributed by atoms with van der Waals surface area (Å²) in [6.45, 7) is 4.14. The van der Waals surface area contributed by atoms with E-state index in [9.17, 15) is 13.6 Å². The van der Waals surface area contributed by atoms with Gasteiger partial charge in [-0.25, -0.2) is 8.78 Å². The number of hydrogen-bond donors (Lipinski definition) is 2. The summed E-state index contributed by atoms with van der Waals surface area (Å²) in [5.41, 5.74) is 1.86. The summed E-state index contributed by atoms with van der Waals surface area (Å²) in [5.74, 6) is -1.76. The number of ether oxygens (including phenoxy) is 2. The molecule has 1 amide bonds. The first-order chi connectivity index (χ1) is 11.4. The zero-order chi connectivity index (χ0) is 17.3. The number of carbonyl (C=O) groups is 1. The Labute approximate surface area is 151 Å². The molecule has 2 aliphatic heterocycles. The molecule has 0 aromatic heterocycles. The first kappa shape index (κ1) is 19.7. The number of fused-ring (bicyclic) bond motifs is 1. The van der Waals surface area contributed by atoms with Gasteiger partial charge in [-0.3, -0.25) is 10.1 Å². The maximum atomic E-state index is 13.2. The molecule has 0 radical (unpaired) electrons. The summed E-state index contributed by atoms with van der Waals surface area (Å²) in [7, 11) is 0. The van der Waals surface area contributed by atoms with Gasteiger partial charge in [0.2, 0.25) is 5.91 Å². The van der Waals surface area contributed by atoms with Crippen molar-refractivity contribution < 1.29 is 23.0 Å². The minimum absolute atomic E-state index is 0. The molecule has 0 bridgehead atoms. The molecule has 1 fully saturated rings. The van der Waals surface area contributed by atoms with Gasteiger partial charge in [0.25, 0.3) is 5.92 Å². The Bertz CT molecular complexity index is 643. The average Bonchev–Trinajstić information content (AvgIpc) is 3.05. The highest BCUT2D eigenvalue weighted by Crippen LogP contribution is 2.35. The van der Waals surface area contributed by atoms with E-state index in [2.05, 4.69) is 10.6 Å². The number of carbonyl (C=O) groups excluding carboxylic acids is 1. The molecule has 0 spiro atoms. The Balaban J connectivity index is 0.00000225. The van der Waals surface area contributed by atoms with Crippen LogP contribution in [-0.4, -0.2) is 37.1 Å². The van der Waals surface area contributed by atoms with Crippen molar-refractivity contribution >= 4 is 18.3 Å². The van der Waals surface area contributed by atoms with Crippen LogP contribution in [0.25, 0.3) is 0 Å². The summed E-state index contributed by atoms with van der Waals surface area (Å²) in [6, 6.07) is 2.94. The lowest BCUT2D eigenvalue weighted by Gasteiger charge is -2.15. The van der Waals surface area contributed by atoms with E-state index in [1.165, 1.54) is 0 Å². The van der Waals surface area contributed by atoms with Crippen LogP contribution in [0, 0.1) is 0 Å². The van der Waals surface area contributed by atoms with Crippen LogP contribution in [0.2, 0.25) is 0 Å². The van der Waals surface area contributed by atoms with Crippen LogP contribution >= 0.6 is 12.4 Å². The van der Waals surface area contributed by atoms with Crippen LogP contribution in [0.15, 0.2) is 12.1 Å². The number of nitrogens with one attached hydrogen (secondary N) is 2. The van der Waals surface area contributed by atoms with Gasteiger partial charge in [0.15, 0.2) is 0 Å². The van der Waals surface area contributed by atoms with E-state index in [1.807, 2.05) is 26.0 Å². The fraction of sp³-hybridized carbons (Fsp3) is 0.588. The lowest BCUT2D eigenvalue weighted by molar-refractivity contribution is -0.123. The van der Waals surface area contributed by atoms with Gasteiger partial charge >= 0.3 is 0 Å². The molecule has 2 N–H and O–H groups in total. The third-order valence-corrected chi connectivity index (χ3v) is 4.26. The molecular weight excluding hydrogens is 354 g/mol. The van der Waals surface area contributed by atoms with E-state index in [-0.39, 0.29) is 25.1 Å². The highest BCUT2D eigenvalue weighted by atomic mass is 35.5. The van der Waals surface area contributed by atoms with Crippen molar-refractivity contribution in [1.82, 2.24) is 10.6 Å². The largest absolute Gasteiger partial charge is 0.494 e. The molecule has 5 nitrogen and oxygen atoms in total. The van der Waals surface area contributed by atoms with Crippen molar-refractivity contribution in [2.24, 2.45) is 0 Å². The smallest absolute Gasteiger partial charge is 0.262 e. The van der Waals surface area contributed by atoms with Crippen LogP contribution in [0.1, 0.15) is 31.4 Å². The van der Waals surface area contributed by atoms with Crippen molar-refractivity contribution in [3.63, 3.8) is 0 Å². The van der Waals surface area contributed by atoms with Gasteiger partial charge in [0.05, 0.1) is 19.2 Å². The molecule has 2 aliphatic rings. The Hall–Kier alpha value is -1.60. The van der Waals surface area contributed by atoms with E-state index in [0.29, 0.717) is 12.4 Å². The van der Waals surface area contributed by atoms with Gasteiger partial charge in [0, 0.05) is 30.5 Å². The molecule has 2 unspecified atom stereocenters. The second-order valence-electron chi connectivity index (χ2n) is 6.34. The monoisotopic (exact) mass is 376 g/mol. The first-order valence-electron chi connectivity index (χ1n) is 8.22. The molecule has 140 valence electrons. The van der Waals surface area contributed by atoms with Gasteiger partial charge < -0.3 is 14.8 Å². The Kier molecular flexibility index (Phi) is 6.11. The van der Waals surface area contributed by atoms with Gasteiger partial charge in [-0.05, 0) is 26.0 Å². The van der Waals surface area contributed by atoms with Crippen LogP contribution < -0.4 is 20.1 Å². The number of amides is 1. The Morgan fingerprint density at radius 1 is 1.48 bits per heavy atom. The molecule has 2 heterocycles. The fourth-order valence-electron chi connectivity index (χ4n) is 3.12. The van der Waals surface area contributed by atoms with Crippen LogP contribution in [0.3, 0.4) is 0 Å². The van der Waals surface area contributed by atoms with E-state index in [1.54, 1.807) is 0 Å². The molecule has 1 aromatic rings. The molecule has 1 saturated heterocycles.